The molecule has 3 rings (SSSR count). The number of aliphatic imine (C=N–C) groups is 1. The molecule has 1 aliphatic carbocycles. The van der Waals surface area contributed by atoms with Gasteiger partial charge in [0.15, 0.2) is 5.78 Å². The maximum Gasteiger partial charge on any atom is 0.315 e. The van der Waals surface area contributed by atoms with Gasteiger partial charge >= 0.3 is 5.97 Å². The van der Waals surface area contributed by atoms with Gasteiger partial charge in [0.1, 0.15) is 12.5 Å². The first-order chi connectivity index (χ1) is 12.0. The number of allylic oxidation sites excluding steroid dienone is 2. The number of nitrogens with zero attached hydrogens (tertiary/aromatic N) is 1. The third-order valence-corrected chi connectivity index (χ3v) is 4.87. The van der Waals surface area contributed by atoms with Gasteiger partial charge in [0.25, 0.3) is 0 Å². The summed E-state index contributed by atoms with van der Waals surface area (Å²) in [5, 5.41) is 0. The zero-order chi connectivity index (χ0) is 18.0. The monoisotopic (exact) mass is 337 g/mol. The van der Waals surface area contributed by atoms with E-state index in [0.717, 1.165) is 29.7 Å². The predicted octanol–water partition coefficient (Wildman–Crippen LogP) is 3.91. The van der Waals surface area contributed by atoms with E-state index >= 15 is 0 Å². The second-order valence-corrected chi connectivity index (χ2v) is 6.68. The Bertz CT molecular complexity index is 771. The smallest absolute Gasteiger partial charge is 0.315 e. The molecule has 2 aliphatic rings. The molecule has 25 heavy (non-hydrogen) atoms. The van der Waals surface area contributed by atoms with E-state index in [9.17, 15) is 9.59 Å². The minimum atomic E-state index is -0.566. The second-order valence-electron chi connectivity index (χ2n) is 6.68. The van der Waals surface area contributed by atoms with Crippen molar-refractivity contribution >= 4 is 17.5 Å². The van der Waals surface area contributed by atoms with Crippen molar-refractivity contribution in [3.63, 3.8) is 0 Å². The minimum Gasteiger partial charge on any atom is -0.461 e. The molecule has 130 valence electrons. The van der Waals surface area contributed by atoms with Crippen LogP contribution in [-0.4, -0.2) is 24.1 Å². The van der Waals surface area contributed by atoms with E-state index in [0.29, 0.717) is 17.7 Å². The molecule has 1 aliphatic heterocycles. The van der Waals surface area contributed by atoms with E-state index in [1.807, 2.05) is 38.1 Å². The topological polar surface area (TPSA) is 55.7 Å². The van der Waals surface area contributed by atoms with E-state index in [1.165, 1.54) is 0 Å². The molecule has 0 amide bonds. The molecule has 2 atom stereocenters. The van der Waals surface area contributed by atoms with Crippen molar-refractivity contribution in [2.75, 3.05) is 6.61 Å². The highest BCUT2D eigenvalue weighted by Gasteiger charge is 2.42. The van der Waals surface area contributed by atoms with Gasteiger partial charge in [-0.15, -0.1) is 0 Å². The number of esters is 1. The lowest BCUT2D eigenvalue weighted by atomic mass is 9.71. The molecule has 0 N–H and O–H groups in total. The van der Waals surface area contributed by atoms with Crippen molar-refractivity contribution in [1.29, 1.82) is 0 Å². The molecule has 0 spiro atoms. The summed E-state index contributed by atoms with van der Waals surface area (Å²) in [5.74, 6) is -1.14. The maximum absolute atomic E-state index is 12.7. The fourth-order valence-corrected chi connectivity index (χ4v) is 3.68. The van der Waals surface area contributed by atoms with Crippen molar-refractivity contribution in [1.82, 2.24) is 0 Å². The molecule has 2 unspecified atom stereocenters. The summed E-state index contributed by atoms with van der Waals surface area (Å²) >= 11 is 0. The van der Waals surface area contributed by atoms with Crippen LogP contribution in [0.2, 0.25) is 0 Å². The van der Waals surface area contributed by atoms with Gasteiger partial charge in [-0.1, -0.05) is 42.5 Å². The fraction of sp³-hybridized carbons (Fsp3) is 0.381. The third kappa shape index (κ3) is 3.34. The van der Waals surface area contributed by atoms with Crippen LogP contribution in [0.15, 0.2) is 53.2 Å². The number of Topliss-reactive ketones (excluding diaryl/α,β-unsaturated/α-hetero) is 1. The lowest BCUT2D eigenvalue weighted by Crippen LogP contribution is -2.37. The molecule has 0 fully saturated rings. The molecule has 0 radical (unpaired) electrons. The Labute approximate surface area is 148 Å². The third-order valence-electron chi connectivity index (χ3n) is 4.87. The van der Waals surface area contributed by atoms with Gasteiger partial charge in [-0.05, 0) is 32.3 Å². The molecule has 1 heterocycles. The number of ketones is 1. The molecule has 1 aromatic carbocycles. The summed E-state index contributed by atoms with van der Waals surface area (Å²) in [4.78, 5) is 30.0. The van der Waals surface area contributed by atoms with Crippen LogP contribution in [0.5, 0.6) is 0 Å². The van der Waals surface area contributed by atoms with E-state index in [-0.39, 0.29) is 24.3 Å². The lowest BCUT2D eigenvalue weighted by molar-refractivity contribution is -0.145. The number of hydrogen-bond donors (Lipinski definition) is 0. The van der Waals surface area contributed by atoms with Gasteiger partial charge < -0.3 is 4.74 Å². The van der Waals surface area contributed by atoms with Crippen LogP contribution in [0.3, 0.4) is 0 Å². The van der Waals surface area contributed by atoms with Gasteiger partial charge in [-0.3, -0.25) is 14.6 Å². The maximum atomic E-state index is 12.7. The Kier molecular flexibility index (Phi) is 4.98. The molecule has 0 bridgehead atoms. The van der Waals surface area contributed by atoms with Crippen LogP contribution in [0.4, 0.5) is 0 Å². The van der Waals surface area contributed by atoms with Crippen LogP contribution >= 0.6 is 0 Å². The van der Waals surface area contributed by atoms with E-state index < -0.39 is 5.92 Å². The molecule has 4 heteroatoms. The standard InChI is InChI=1S/C21H23NO3/c1-4-12-25-21(24)18-14(3)22-16-6-5-7-17(23)20(16)19(18)15-10-8-13(2)9-11-15/h4,8-11,18-19H,1,5-7,12H2,2-3H3. The van der Waals surface area contributed by atoms with E-state index in [4.69, 9.17) is 4.74 Å². The Morgan fingerprint density at radius 3 is 2.68 bits per heavy atom. The number of aryl methyl sites for hydroxylation is 1. The van der Waals surface area contributed by atoms with Gasteiger partial charge in [0, 0.05) is 29.3 Å². The van der Waals surface area contributed by atoms with Crippen molar-refractivity contribution in [2.45, 2.75) is 39.0 Å². The summed E-state index contributed by atoms with van der Waals surface area (Å²) in [6, 6.07) is 8.02. The molecular formula is C21H23NO3. The number of carbonyl (C=O) groups excluding carboxylic acids is 2. The summed E-state index contributed by atoms with van der Waals surface area (Å²) in [6.07, 6.45) is 3.67. The van der Waals surface area contributed by atoms with Gasteiger partial charge in [0.05, 0.1) is 0 Å². The SMILES string of the molecule is C=CCOC(=O)C1C(C)=NC2=C(C(=O)CCC2)C1c1ccc(C)cc1. The number of carbonyl (C=O) groups is 2. The summed E-state index contributed by atoms with van der Waals surface area (Å²) < 4.78 is 5.32. The quantitative estimate of drug-likeness (QED) is 0.618. The predicted molar refractivity (Wildman–Crippen MR) is 97.6 cm³/mol. The zero-order valence-electron chi connectivity index (χ0n) is 14.7. The second kappa shape index (κ2) is 7.18. The Morgan fingerprint density at radius 2 is 2.00 bits per heavy atom. The Morgan fingerprint density at radius 1 is 1.28 bits per heavy atom. The van der Waals surface area contributed by atoms with Crippen LogP contribution in [0.25, 0.3) is 0 Å². The first-order valence-corrected chi connectivity index (χ1v) is 8.68. The Balaban J connectivity index is 2.10. The van der Waals surface area contributed by atoms with Crippen LogP contribution < -0.4 is 0 Å². The van der Waals surface area contributed by atoms with E-state index in [1.54, 1.807) is 6.08 Å². The first-order valence-electron chi connectivity index (χ1n) is 8.68. The first kappa shape index (κ1) is 17.3. The average Bonchev–Trinajstić information content (AvgIpc) is 2.59. The minimum absolute atomic E-state index is 0.101. The van der Waals surface area contributed by atoms with E-state index in [2.05, 4.69) is 11.6 Å². The zero-order valence-corrected chi connectivity index (χ0v) is 14.7. The summed E-state index contributed by atoms with van der Waals surface area (Å²) in [6.45, 7) is 7.61. The van der Waals surface area contributed by atoms with Crippen molar-refractivity contribution in [3.05, 3.63) is 59.3 Å². The Hall–Kier alpha value is -2.49. The normalized spacial score (nSPS) is 23.0. The van der Waals surface area contributed by atoms with Gasteiger partial charge in [0.2, 0.25) is 0 Å². The van der Waals surface area contributed by atoms with Crippen molar-refractivity contribution in [2.24, 2.45) is 10.9 Å². The van der Waals surface area contributed by atoms with Crippen molar-refractivity contribution < 1.29 is 14.3 Å². The molecular weight excluding hydrogens is 314 g/mol. The number of benzene rings is 1. The van der Waals surface area contributed by atoms with Crippen LogP contribution in [0.1, 0.15) is 43.2 Å². The number of ether oxygens (including phenoxy) is 1. The molecule has 4 nitrogen and oxygen atoms in total. The highest BCUT2D eigenvalue weighted by atomic mass is 16.5. The number of hydrogen-bond acceptors (Lipinski definition) is 4. The largest absolute Gasteiger partial charge is 0.461 e. The highest BCUT2D eigenvalue weighted by Crippen LogP contribution is 2.43. The van der Waals surface area contributed by atoms with Crippen LogP contribution in [0, 0.1) is 12.8 Å². The summed E-state index contributed by atoms with van der Waals surface area (Å²) in [5.41, 5.74) is 4.35. The number of rotatable bonds is 4. The average molecular weight is 337 g/mol. The van der Waals surface area contributed by atoms with Gasteiger partial charge in [-0.2, -0.15) is 0 Å². The highest BCUT2D eigenvalue weighted by molar-refractivity contribution is 6.08. The van der Waals surface area contributed by atoms with Gasteiger partial charge in [-0.25, -0.2) is 0 Å². The molecule has 1 aromatic rings. The molecule has 0 saturated carbocycles. The lowest BCUT2D eigenvalue weighted by Gasteiger charge is -2.34. The summed E-state index contributed by atoms with van der Waals surface area (Å²) in [7, 11) is 0. The molecule has 0 aromatic heterocycles. The van der Waals surface area contributed by atoms with Crippen LogP contribution in [-0.2, 0) is 14.3 Å². The van der Waals surface area contributed by atoms with Crippen molar-refractivity contribution in [3.8, 4) is 0 Å². The fourth-order valence-electron chi connectivity index (χ4n) is 3.68. The molecule has 0 saturated heterocycles.